The van der Waals surface area contributed by atoms with Gasteiger partial charge in [0.1, 0.15) is 5.75 Å². The lowest BCUT2D eigenvalue weighted by Crippen LogP contribution is -2.47. The monoisotopic (exact) mass is 390 g/mol. The molecule has 0 spiro atoms. The summed E-state index contributed by atoms with van der Waals surface area (Å²) in [5.41, 5.74) is 5.40. The molecule has 1 aliphatic carbocycles. The number of rotatable bonds is 5. The van der Waals surface area contributed by atoms with Crippen molar-refractivity contribution >= 4 is 7.48 Å². The van der Waals surface area contributed by atoms with Crippen LogP contribution in [0.1, 0.15) is 34.7 Å². The number of fused-ring (bicyclic) bond motifs is 3. The molecule has 1 N–H and O–H groups in total. The summed E-state index contributed by atoms with van der Waals surface area (Å²) in [6.07, 6.45) is 4.08. The predicted molar refractivity (Wildman–Crippen MR) is 115 cm³/mol. The highest BCUT2D eigenvalue weighted by molar-refractivity contribution is 6.33. The van der Waals surface area contributed by atoms with Crippen LogP contribution in [0.25, 0.3) is 0 Å². The SMILES string of the molecule is C=C(Cn1ccc(=O)c(O)c1C)N1CC(Cc2ccc3c(c2C)OBC2CC32)C1. The summed E-state index contributed by atoms with van der Waals surface area (Å²) in [4.78, 5) is 13.8. The van der Waals surface area contributed by atoms with Gasteiger partial charge in [0.25, 0.3) is 0 Å². The third-order valence-corrected chi connectivity index (χ3v) is 6.99. The number of nitrogens with zero attached hydrogens (tertiary/aromatic N) is 2. The summed E-state index contributed by atoms with van der Waals surface area (Å²) in [6.45, 7) is 10.8. The quantitative estimate of drug-likeness (QED) is 0.798. The topological polar surface area (TPSA) is 54.7 Å². The van der Waals surface area contributed by atoms with Crippen LogP contribution in [0.3, 0.4) is 0 Å². The van der Waals surface area contributed by atoms with Gasteiger partial charge in [0, 0.05) is 31.0 Å². The van der Waals surface area contributed by atoms with Crippen molar-refractivity contribution in [2.24, 2.45) is 5.92 Å². The summed E-state index contributed by atoms with van der Waals surface area (Å²) in [5, 5.41) is 9.86. The van der Waals surface area contributed by atoms with Gasteiger partial charge in [-0.05, 0) is 61.0 Å². The molecule has 5 rings (SSSR count). The molecule has 2 aromatic rings. The van der Waals surface area contributed by atoms with E-state index in [4.69, 9.17) is 4.65 Å². The molecule has 3 heterocycles. The molecular formula is C23H27BN2O3. The molecule has 0 bridgehead atoms. The minimum atomic E-state index is -0.338. The lowest BCUT2D eigenvalue weighted by atomic mass is 9.82. The van der Waals surface area contributed by atoms with Crippen LogP contribution in [0.4, 0.5) is 0 Å². The van der Waals surface area contributed by atoms with E-state index >= 15 is 0 Å². The Morgan fingerprint density at radius 1 is 1.31 bits per heavy atom. The fourth-order valence-corrected chi connectivity index (χ4v) is 4.86. The van der Waals surface area contributed by atoms with Crippen LogP contribution in [-0.2, 0) is 13.0 Å². The predicted octanol–water partition coefficient (Wildman–Crippen LogP) is 2.88. The van der Waals surface area contributed by atoms with Crippen LogP contribution in [0.2, 0.25) is 5.82 Å². The van der Waals surface area contributed by atoms with Crippen molar-refractivity contribution in [3.05, 3.63) is 69.3 Å². The molecule has 2 aliphatic heterocycles. The summed E-state index contributed by atoms with van der Waals surface area (Å²) in [5.74, 6) is 3.08. The molecule has 29 heavy (non-hydrogen) atoms. The molecule has 1 aromatic heterocycles. The van der Waals surface area contributed by atoms with Crippen LogP contribution in [0.15, 0.2) is 41.5 Å². The largest absolute Gasteiger partial charge is 0.564 e. The van der Waals surface area contributed by atoms with Gasteiger partial charge in [-0.1, -0.05) is 18.7 Å². The summed E-state index contributed by atoms with van der Waals surface area (Å²) < 4.78 is 7.94. The van der Waals surface area contributed by atoms with Crippen molar-refractivity contribution in [1.82, 2.24) is 9.47 Å². The molecule has 1 saturated heterocycles. The van der Waals surface area contributed by atoms with Gasteiger partial charge < -0.3 is 19.2 Å². The standard InChI is InChI=1S/C23H27BN2O3/c1-13(10-25-7-6-21(27)22(28)15(25)3)26-11-16(12-26)8-17-4-5-18-19-9-20(19)24-29-23(18)14(17)2/h4-7,16,19-20,24,28H,1,8-12H2,2-3H3. The zero-order valence-electron chi connectivity index (χ0n) is 17.1. The van der Waals surface area contributed by atoms with Crippen molar-refractivity contribution in [1.29, 1.82) is 0 Å². The Labute approximate surface area is 171 Å². The van der Waals surface area contributed by atoms with Crippen LogP contribution >= 0.6 is 0 Å². The maximum atomic E-state index is 11.5. The number of pyridine rings is 1. The molecule has 2 fully saturated rings. The van der Waals surface area contributed by atoms with Crippen molar-refractivity contribution in [2.75, 3.05) is 13.1 Å². The van der Waals surface area contributed by atoms with E-state index in [-0.39, 0.29) is 11.2 Å². The van der Waals surface area contributed by atoms with Crippen molar-refractivity contribution in [3.8, 4) is 11.5 Å². The van der Waals surface area contributed by atoms with Crippen LogP contribution in [0, 0.1) is 19.8 Å². The van der Waals surface area contributed by atoms with E-state index in [1.165, 1.54) is 29.2 Å². The molecule has 0 amide bonds. The normalized spacial score (nSPS) is 22.1. The van der Waals surface area contributed by atoms with Crippen LogP contribution in [-0.4, -0.2) is 35.1 Å². The van der Waals surface area contributed by atoms with Gasteiger partial charge in [-0.15, -0.1) is 0 Å². The highest BCUT2D eigenvalue weighted by Crippen LogP contribution is 2.58. The Hall–Kier alpha value is -2.63. The van der Waals surface area contributed by atoms with Crippen molar-refractivity contribution < 1.29 is 9.76 Å². The number of aromatic nitrogens is 1. The zero-order valence-corrected chi connectivity index (χ0v) is 17.1. The van der Waals surface area contributed by atoms with E-state index in [1.54, 1.807) is 13.1 Å². The molecule has 150 valence electrons. The highest BCUT2D eigenvalue weighted by Gasteiger charge is 2.45. The average Bonchev–Trinajstić information content (AvgIpc) is 3.46. The van der Waals surface area contributed by atoms with Gasteiger partial charge in [-0.3, -0.25) is 4.79 Å². The summed E-state index contributed by atoms with van der Waals surface area (Å²) >= 11 is 0. The first-order chi connectivity index (χ1) is 13.9. The third kappa shape index (κ3) is 3.15. The second-order valence-corrected chi connectivity index (χ2v) is 8.96. The molecule has 1 saturated carbocycles. The van der Waals surface area contributed by atoms with Gasteiger partial charge in [0.2, 0.25) is 5.43 Å². The number of hydrogen-bond acceptors (Lipinski definition) is 4. The van der Waals surface area contributed by atoms with Crippen LogP contribution in [0.5, 0.6) is 11.5 Å². The Morgan fingerprint density at radius 2 is 2.10 bits per heavy atom. The Kier molecular flexibility index (Phi) is 4.26. The van der Waals surface area contributed by atoms with E-state index < -0.39 is 0 Å². The molecule has 5 nitrogen and oxygen atoms in total. The number of aromatic hydroxyl groups is 1. The fraction of sp³-hybridized carbons (Fsp3) is 0.435. The van der Waals surface area contributed by atoms with E-state index in [2.05, 4.69) is 30.5 Å². The minimum absolute atomic E-state index is 0.176. The summed E-state index contributed by atoms with van der Waals surface area (Å²) in [7, 11) is 0.888. The first kappa shape index (κ1) is 18.4. The second kappa shape index (κ2) is 6.72. The molecule has 1 aromatic carbocycles. The maximum Gasteiger partial charge on any atom is 0.343 e. The fourth-order valence-electron chi connectivity index (χ4n) is 4.86. The molecule has 2 unspecified atom stereocenters. The van der Waals surface area contributed by atoms with Gasteiger partial charge in [0.05, 0.1) is 12.2 Å². The van der Waals surface area contributed by atoms with E-state index in [9.17, 15) is 9.90 Å². The zero-order chi connectivity index (χ0) is 20.3. The lowest BCUT2D eigenvalue weighted by molar-refractivity contribution is 0.136. The number of benzene rings is 1. The van der Waals surface area contributed by atoms with E-state index in [0.29, 0.717) is 18.2 Å². The van der Waals surface area contributed by atoms with Crippen molar-refractivity contribution in [3.63, 3.8) is 0 Å². The maximum absolute atomic E-state index is 11.5. The van der Waals surface area contributed by atoms with Gasteiger partial charge in [-0.25, -0.2) is 0 Å². The number of allylic oxidation sites excluding steroid dienone is 1. The Morgan fingerprint density at radius 3 is 2.90 bits per heavy atom. The first-order valence-corrected chi connectivity index (χ1v) is 10.5. The van der Waals surface area contributed by atoms with Crippen molar-refractivity contribution in [2.45, 2.75) is 45.0 Å². The highest BCUT2D eigenvalue weighted by atomic mass is 16.4. The van der Waals surface area contributed by atoms with E-state index in [0.717, 1.165) is 50.2 Å². The van der Waals surface area contributed by atoms with Gasteiger partial charge >= 0.3 is 7.48 Å². The molecule has 6 heteroatoms. The van der Waals surface area contributed by atoms with Gasteiger partial charge in [-0.2, -0.15) is 0 Å². The molecular weight excluding hydrogens is 363 g/mol. The minimum Gasteiger partial charge on any atom is -0.564 e. The van der Waals surface area contributed by atoms with Gasteiger partial charge in [0.15, 0.2) is 5.75 Å². The number of likely N-dealkylation sites (tertiary alicyclic amines) is 1. The van der Waals surface area contributed by atoms with Crippen LogP contribution < -0.4 is 10.1 Å². The smallest absolute Gasteiger partial charge is 0.343 e. The second-order valence-electron chi connectivity index (χ2n) is 8.96. The molecule has 2 atom stereocenters. The summed E-state index contributed by atoms with van der Waals surface area (Å²) in [6, 6.07) is 6.00. The molecule has 3 aliphatic rings. The lowest BCUT2D eigenvalue weighted by Gasteiger charge is -2.43. The third-order valence-electron chi connectivity index (χ3n) is 6.99. The number of hydrogen-bond donors (Lipinski definition) is 1. The first-order valence-electron chi connectivity index (χ1n) is 10.5. The van der Waals surface area contributed by atoms with E-state index in [1.807, 2.05) is 4.57 Å². The Bertz CT molecular complexity index is 1050. The average molecular weight is 390 g/mol. The Balaban J connectivity index is 1.20. The molecule has 0 radical (unpaired) electrons.